The Kier molecular flexibility index (Phi) is 3.01. The van der Waals surface area contributed by atoms with Crippen LogP contribution in [0.25, 0.3) is 5.57 Å². The van der Waals surface area contributed by atoms with E-state index in [9.17, 15) is 0 Å². The lowest BCUT2D eigenvalue weighted by Gasteiger charge is -2.28. The highest BCUT2D eigenvalue weighted by Gasteiger charge is 2.22. The summed E-state index contributed by atoms with van der Waals surface area (Å²) in [5, 5.41) is 0.641. The standard InChI is InChI=1S/C13H16ClN/c1-2-11(9-4-3-5-9)10-6-7-12(14)13(15)8-10/h2,6-9H,3-5,15H2,1H3/b11-2+. The first-order valence-corrected chi connectivity index (χ1v) is 5.81. The van der Waals surface area contributed by atoms with E-state index in [0.717, 1.165) is 5.92 Å². The highest BCUT2D eigenvalue weighted by atomic mass is 35.5. The Labute approximate surface area is 95.9 Å². The Morgan fingerprint density at radius 2 is 2.20 bits per heavy atom. The summed E-state index contributed by atoms with van der Waals surface area (Å²) < 4.78 is 0. The lowest BCUT2D eigenvalue weighted by Crippen LogP contribution is -2.13. The Morgan fingerprint density at radius 1 is 1.47 bits per heavy atom. The fraction of sp³-hybridized carbons (Fsp3) is 0.385. The largest absolute Gasteiger partial charge is 0.398 e. The molecule has 1 aromatic carbocycles. The van der Waals surface area contributed by atoms with Crippen molar-refractivity contribution >= 4 is 22.9 Å². The molecule has 2 N–H and O–H groups in total. The molecular weight excluding hydrogens is 206 g/mol. The minimum absolute atomic E-state index is 0.641. The van der Waals surface area contributed by atoms with Crippen LogP contribution in [0.5, 0.6) is 0 Å². The van der Waals surface area contributed by atoms with Gasteiger partial charge in [0.05, 0.1) is 10.7 Å². The molecule has 2 heteroatoms. The van der Waals surface area contributed by atoms with Gasteiger partial charge in [0.25, 0.3) is 0 Å². The third kappa shape index (κ3) is 2.03. The van der Waals surface area contributed by atoms with Crippen molar-refractivity contribution in [3.63, 3.8) is 0 Å². The molecule has 1 aliphatic carbocycles. The zero-order valence-corrected chi connectivity index (χ0v) is 9.72. The van der Waals surface area contributed by atoms with E-state index in [4.69, 9.17) is 17.3 Å². The van der Waals surface area contributed by atoms with Gasteiger partial charge in [-0.1, -0.05) is 30.2 Å². The molecule has 0 saturated heterocycles. The summed E-state index contributed by atoms with van der Waals surface area (Å²) in [6.45, 7) is 2.10. The first-order chi connectivity index (χ1) is 7.22. The second kappa shape index (κ2) is 4.28. The van der Waals surface area contributed by atoms with Crippen LogP contribution in [0.1, 0.15) is 31.7 Å². The van der Waals surface area contributed by atoms with Crippen LogP contribution in [-0.2, 0) is 0 Å². The van der Waals surface area contributed by atoms with Crippen molar-refractivity contribution in [3.05, 3.63) is 34.9 Å². The van der Waals surface area contributed by atoms with Crippen LogP contribution in [0.4, 0.5) is 5.69 Å². The molecule has 1 fully saturated rings. The first kappa shape index (κ1) is 10.6. The summed E-state index contributed by atoms with van der Waals surface area (Å²) in [5.41, 5.74) is 9.13. The number of anilines is 1. The highest BCUT2D eigenvalue weighted by molar-refractivity contribution is 6.33. The number of halogens is 1. The fourth-order valence-electron chi connectivity index (χ4n) is 2.08. The second-order valence-electron chi connectivity index (χ2n) is 4.11. The maximum Gasteiger partial charge on any atom is 0.0635 e. The molecule has 0 bridgehead atoms. The maximum atomic E-state index is 5.91. The minimum Gasteiger partial charge on any atom is -0.398 e. The van der Waals surface area contributed by atoms with Crippen molar-refractivity contribution in [3.8, 4) is 0 Å². The molecule has 0 heterocycles. The topological polar surface area (TPSA) is 26.0 Å². The van der Waals surface area contributed by atoms with Crippen LogP contribution in [0.2, 0.25) is 5.02 Å². The van der Waals surface area contributed by atoms with Crippen LogP contribution in [-0.4, -0.2) is 0 Å². The first-order valence-electron chi connectivity index (χ1n) is 5.44. The smallest absolute Gasteiger partial charge is 0.0635 e. The Bertz CT molecular complexity index is 392. The lowest BCUT2D eigenvalue weighted by atomic mass is 9.77. The van der Waals surface area contributed by atoms with Crippen LogP contribution >= 0.6 is 11.6 Å². The molecule has 0 amide bonds. The molecule has 1 aliphatic rings. The van der Waals surface area contributed by atoms with Gasteiger partial charge in [0, 0.05) is 0 Å². The highest BCUT2D eigenvalue weighted by Crippen LogP contribution is 2.39. The van der Waals surface area contributed by atoms with E-state index in [1.54, 1.807) is 0 Å². The van der Waals surface area contributed by atoms with Gasteiger partial charge in [-0.2, -0.15) is 0 Å². The van der Waals surface area contributed by atoms with Crippen molar-refractivity contribution in [1.29, 1.82) is 0 Å². The third-order valence-corrected chi connectivity index (χ3v) is 3.53. The number of nitrogens with two attached hydrogens (primary N) is 1. The predicted molar refractivity (Wildman–Crippen MR) is 66.9 cm³/mol. The average molecular weight is 222 g/mol. The number of allylic oxidation sites excluding steroid dienone is 2. The maximum absolute atomic E-state index is 5.91. The van der Waals surface area contributed by atoms with Gasteiger partial charge in [-0.15, -0.1) is 0 Å². The molecule has 0 unspecified atom stereocenters. The number of hydrogen-bond donors (Lipinski definition) is 1. The van der Waals surface area contributed by atoms with Crippen LogP contribution in [0.3, 0.4) is 0 Å². The van der Waals surface area contributed by atoms with E-state index in [1.807, 2.05) is 12.1 Å². The molecule has 0 aliphatic heterocycles. The Morgan fingerprint density at radius 3 is 2.67 bits per heavy atom. The van der Waals surface area contributed by atoms with Gasteiger partial charge >= 0.3 is 0 Å². The summed E-state index contributed by atoms with van der Waals surface area (Å²) in [6, 6.07) is 5.93. The summed E-state index contributed by atoms with van der Waals surface area (Å²) in [7, 11) is 0. The molecule has 0 aromatic heterocycles. The predicted octanol–water partition coefficient (Wildman–Crippen LogP) is 4.13. The quantitative estimate of drug-likeness (QED) is 0.747. The van der Waals surface area contributed by atoms with E-state index in [-0.39, 0.29) is 0 Å². The number of hydrogen-bond acceptors (Lipinski definition) is 1. The molecular formula is C13H16ClN. The third-order valence-electron chi connectivity index (χ3n) is 3.19. The molecule has 0 spiro atoms. The molecule has 0 atom stereocenters. The average Bonchev–Trinajstić information content (AvgIpc) is 2.16. The van der Waals surface area contributed by atoms with Crippen molar-refractivity contribution < 1.29 is 0 Å². The van der Waals surface area contributed by atoms with E-state index in [0.29, 0.717) is 10.7 Å². The van der Waals surface area contributed by atoms with Gasteiger partial charge in [-0.05, 0) is 49.0 Å². The van der Waals surface area contributed by atoms with Crippen molar-refractivity contribution in [2.24, 2.45) is 5.92 Å². The van der Waals surface area contributed by atoms with Crippen molar-refractivity contribution in [1.82, 2.24) is 0 Å². The molecule has 1 saturated carbocycles. The van der Waals surface area contributed by atoms with E-state index in [1.165, 1.54) is 30.4 Å². The fourth-order valence-corrected chi connectivity index (χ4v) is 2.20. The lowest BCUT2D eigenvalue weighted by molar-refractivity contribution is 0.400. The zero-order valence-electron chi connectivity index (χ0n) is 8.96. The molecule has 2 rings (SSSR count). The van der Waals surface area contributed by atoms with E-state index in [2.05, 4.69) is 19.1 Å². The van der Waals surface area contributed by atoms with E-state index < -0.39 is 0 Å². The summed E-state index contributed by atoms with van der Waals surface area (Å²) in [4.78, 5) is 0. The van der Waals surface area contributed by atoms with Gasteiger partial charge in [-0.3, -0.25) is 0 Å². The zero-order chi connectivity index (χ0) is 10.8. The molecule has 15 heavy (non-hydrogen) atoms. The van der Waals surface area contributed by atoms with Crippen LogP contribution in [0, 0.1) is 5.92 Å². The van der Waals surface area contributed by atoms with Gasteiger partial charge in [0.15, 0.2) is 0 Å². The summed E-state index contributed by atoms with van der Waals surface area (Å²) in [5.74, 6) is 0.732. The van der Waals surface area contributed by atoms with Crippen molar-refractivity contribution in [2.45, 2.75) is 26.2 Å². The summed E-state index contributed by atoms with van der Waals surface area (Å²) >= 11 is 5.91. The van der Waals surface area contributed by atoms with Crippen molar-refractivity contribution in [2.75, 3.05) is 5.73 Å². The summed E-state index contributed by atoms with van der Waals surface area (Å²) in [6.07, 6.45) is 6.17. The second-order valence-corrected chi connectivity index (χ2v) is 4.52. The van der Waals surface area contributed by atoms with Gasteiger partial charge in [-0.25, -0.2) is 0 Å². The van der Waals surface area contributed by atoms with E-state index >= 15 is 0 Å². The minimum atomic E-state index is 0.641. The number of benzene rings is 1. The molecule has 1 nitrogen and oxygen atoms in total. The van der Waals surface area contributed by atoms with Gasteiger partial charge in [0.2, 0.25) is 0 Å². The van der Waals surface area contributed by atoms with Gasteiger partial charge in [0.1, 0.15) is 0 Å². The molecule has 80 valence electrons. The van der Waals surface area contributed by atoms with Gasteiger partial charge < -0.3 is 5.73 Å². The number of nitrogen functional groups attached to an aromatic ring is 1. The normalized spacial score (nSPS) is 17.6. The molecule has 0 radical (unpaired) electrons. The SMILES string of the molecule is C/C=C(/c1ccc(Cl)c(N)c1)C1CCC1. The Balaban J connectivity index is 2.30. The Hall–Kier alpha value is -0.950. The van der Waals surface area contributed by atoms with Crippen LogP contribution < -0.4 is 5.73 Å². The monoisotopic (exact) mass is 221 g/mol. The van der Waals surface area contributed by atoms with Crippen LogP contribution in [0.15, 0.2) is 24.3 Å². The molecule has 1 aromatic rings. The number of rotatable bonds is 2.